The third-order valence-electron chi connectivity index (χ3n) is 3.79. The summed E-state index contributed by atoms with van der Waals surface area (Å²) >= 11 is 12.2. The van der Waals surface area contributed by atoms with E-state index in [1.54, 1.807) is 6.07 Å². The first-order valence-corrected chi connectivity index (χ1v) is 6.95. The second kappa shape index (κ2) is 5.17. The van der Waals surface area contributed by atoms with Crippen LogP contribution in [0.1, 0.15) is 44.6 Å². The number of halogens is 2. The number of hydrogen-bond donors (Lipinski definition) is 1. The first-order chi connectivity index (χ1) is 8.03. The Morgan fingerprint density at radius 1 is 1.24 bits per heavy atom. The summed E-state index contributed by atoms with van der Waals surface area (Å²) in [4.78, 5) is 0. The van der Waals surface area contributed by atoms with Crippen molar-refractivity contribution in [2.75, 3.05) is 0 Å². The topological polar surface area (TPSA) is 20.2 Å². The Hall–Kier alpha value is -0.240. The first-order valence-electron chi connectivity index (χ1n) is 6.20. The maximum Gasteiger partial charge on any atom is 0.0911 e. The SMILES string of the molecule is CC1CCCC(O)(c2cccc(Cl)c2Cl)CC1. The molecule has 1 aromatic rings. The molecule has 1 aromatic carbocycles. The molecule has 0 aliphatic heterocycles. The van der Waals surface area contributed by atoms with E-state index in [1.807, 2.05) is 12.1 Å². The van der Waals surface area contributed by atoms with Crippen molar-refractivity contribution in [1.82, 2.24) is 0 Å². The van der Waals surface area contributed by atoms with Crippen molar-refractivity contribution in [3.8, 4) is 0 Å². The maximum absolute atomic E-state index is 10.8. The van der Waals surface area contributed by atoms with Crippen molar-refractivity contribution in [1.29, 1.82) is 0 Å². The lowest BCUT2D eigenvalue weighted by Gasteiger charge is -2.28. The summed E-state index contributed by atoms with van der Waals surface area (Å²) in [6, 6.07) is 5.51. The molecule has 2 unspecified atom stereocenters. The van der Waals surface area contributed by atoms with Gasteiger partial charge in [-0.25, -0.2) is 0 Å². The van der Waals surface area contributed by atoms with E-state index in [2.05, 4.69) is 6.92 Å². The lowest BCUT2D eigenvalue weighted by Crippen LogP contribution is -2.25. The molecule has 0 bridgehead atoms. The Labute approximate surface area is 113 Å². The highest BCUT2D eigenvalue weighted by atomic mass is 35.5. The molecule has 17 heavy (non-hydrogen) atoms. The van der Waals surface area contributed by atoms with E-state index in [4.69, 9.17) is 23.2 Å². The molecule has 0 radical (unpaired) electrons. The molecule has 2 atom stereocenters. The van der Waals surface area contributed by atoms with E-state index in [1.165, 1.54) is 6.42 Å². The molecule has 2 rings (SSSR count). The molecule has 94 valence electrons. The number of benzene rings is 1. The molecular formula is C14H18Cl2O. The van der Waals surface area contributed by atoms with Gasteiger partial charge in [-0.1, -0.05) is 48.7 Å². The van der Waals surface area contributed by atoms with Gasteiger partial charge in [-0.15, -0.1) is 0 Å². The summed E-state index contributed by atoms with van der Waals surface area (Å²) in [7, 11) is 0. The van der Waals surface area contributed by atoms with E-state index >= 15 is 0 Å². The second-order valence-electron chi connectivity index (χ2n) is 5.17. The van der Waals surface area contributed by atoms with Crippen LogP contribution in [0.25, 0.3) is 0 Å². The van der Waals surface area contributed by atoms with E-state index < -0.39 is 5.60 Å². The second-order valence-corrected chi connectivity index (χ2v) is 5.95. The van der Waals surface area contributed by atoms with Crippen LogP contribution in [0.3, 0.4) is 0 Å². The highest BCUT2D eigenvalue weighted by molar-refractivity contribution is 6.42. The van der Waals surface area contributed by atoms with Crippen molar-refractivity contribution in [2.24, 2.45) is 5.92 Å². The molecule has 0 heterocycles. The predicted molar refractivity (Wildman–Crippen MR) is 72.6 cm³/mol. The van der Waals surface area contributed by atoms with Gasteiger partial charge in [0, 0.05) is 5.56 Å². The molecule has 1 nitrogen and oxygen atoms in total. The molecule has 3 heteroatoms. The molecule has 0 aromatic heterocycles. The van der Waals surface area contributed by atoms with E-state index in [0.29, 0.717) is 16.0 Å². The summed E-state index contributed by atoms with van der Waals surface area (Å²) in [5.74, 6) is 0.682. The van der Waals surface area contributed by atoms with Gasteiger partial charge in [0.1, 0.15) is 0 Å². The summed E-state index contributed by atoms with van der Waals surface area (Å²) in [5.41, 5.74) is -0.00649. The monoisotopic (exact) mass is 272 g/mol. The van der Waals surface area contributed by atoms with Crippen LogP contribution < -0.4 is 0 Å². The van der Waals surface area contributed by atoms with Crippen molar-refractivity contribution in [3.63, 3.8) is 0 Å². The van der Waals surface area contributed by atoms with E-state index in [9.17, 15) is 5.11 Å². The minimum absolute atomic E-state index is 0.506. The number of hydrogen-bond acceptors (Lipinski definition) is 1. The van der Waals surface area contributed by atoms with Gasteiger partial charge in [-0.05, 0) is 37.7 Å². The summed E-state index contributed by atoms with van der Waals surface area (Å²) in [6.07, 6.45) is 4.81. The molecule has 1 aliphatic rings. The van der Waals surface area contributed by atoms with Crippen LogP contribution >= 0.6 is 23.2 Å². The van der Waals surface area contributed by atoms with Crippen LogP contribution in [0.4, 0.5) is 0 Å². The van der Waals surface area contributed by atoms with Crippen LogP contribution in [0, 0.1) is 5.92 Å². The largest absolute Gasteiger partial charge is 0.385 e. The lowest BCUT2D eigenvalue weighted by atomic mass is 9.86. The van der Waals surface area contributed by atoms with Crippen molar-refractivity contribution < 1.29 is 5.11 Å². The molecule has 0 spiro atoms. The van der Waals surface area contributed by atoms with Crippen molar-refractivity contribution >= 4 is 23.2 Å². The fourth-order valence-corrected chi connectivity index (χ4v) is 3.11. The van der Waals surface area contributed by atoms with Crippen LogP contribution in [0.2, 0.25) is 10.0 Å². The van der Waals surface area contributed by atoms with Crippen LogP contribution in [-0.4, -0.2) is 5.11 Å². The first kappa shape index (κ1) is 13.2. The van der Waals surface area contributed by atoms with E-state index in [-0.39, 0.29) is 0 Å². The Balaban J connectivity index is 2.33. The molecular weight excluding hydrogens is 255 g/mol. The Morgan fingerprint density at radius 2 is 2.00 bits per heavy atom. The zero-order valence-corrected chi connectivity index (χ0v) is 11.6. The Morgan fingerprint density at radius 3 is 2.76 bits per heavy atom. The van der Waals surface area contributed by atoms with Gasteiger partial charge in [0.2, 0.25) is 0 Å². The maximum atomic E-state index is 10.8. The van der Waals surface area contributed by atoms with Gasteiger partial charge in [0.15, 0.2) is 0 Å². The van der Waals surface area contributed by atoms with Gasteiger partial charge >= 0.3 is 0 Å². The molecule has 0 amide bonds. The smallest absolute Gasteiger partial charge is 0.0911 e. The van der Waals surface area contributed by atoms with Crippen LogP contribution in [0.5, 0.6) is 0 Å². The molecule has 0 saturated heterocycles. The van der Waals surface area contributed by atoms with Gasteiger partial charge in [0.25, 0.3) is 0 Å². The summed E-state index contributed by atoms with van der Waals surface area (Å²) in [6.45, 7) is 2.24. The molecule has 1 saturated carbocycles. The zero-order valence-electron chi connectivity index (χ0n) is 10.0. The zero-order chi connectivity index (χ0) is 12.5. The average Bonchev–Trinajstić information content (AvgIpc) is 2.46. The van der Waals surface area contributed by atoms with E-state index in [0.717, 1.165) is 31.2 Å². The quantitative estimate of drug-likeness (QED) is 0.730. The number of aliphatic hydroxyl groups is 1. The lowest BCUT2D eigenvalue weighted by molar-refractivity contribution is 0.0199. The highest BCUT2D eigenvalue weighted by Crippen LogP contribution is 2.42. The summed E-state index contributed by atoms with van der Waals surface area (Å²) < 4.78 is 0. The molecule has 1 N–H and O–H groups in total. The van der Waals surface area contributed by atoms with Crippen LogP contribution in [0.15, 0.2) is 18.2 Å². The third-order valence-corrected chi connectivity index (χ3v) is 4.61. The minimum Gasteiger partial charge on any atom is -0.385 e. The average molecular weight is 273 g/mol. The Bertz CT molecular complexity index is 405. The highest BCUT2D eigenvalue weighted by Gasteiger charge is 2.33. The van der Waals surface area contributed by atoms with Crippen molar-refractivity contribution in [2.45, 2.75) is 44.6 Å². The fourth-order valence-electron chi connectivity index (χ4n) is 2.63. The van der Waals surface area contributed by atoms with Crippen LogP contribution in [-0.2, 0) is 5.60 Å². The van der Waals surface area contributed by atoms with Crippen molar-refractivity contribution in [3.05, 3.63) is 33.8 Å². The van der Waals surface area contributed by atoms with Gasteiger partial charge in [-0.2, -0.15) is 0 Å². The summed E-state index contributed by atoms with van der Waals surface area (Å²) in [5, 5.41) is 11.8. The molecule has 1 fully saturated rings. The van der Waals surface area contributed by atoms with Gasteiger partial charge in [-0.3, -0.25) is 0 Å². The predicted octanol–water partition coefficient (Wildman–Crippen LogP) is 4.78. The number of rotatable bonds is 1. The fraction of sp³-hybridized carbons (Fsp3) is 0.571. The minimum atomic E-state index is -0.799. The van der Waals surface area contributed by atoms with Gasteiger partial charge in [0.05, 0.1) is 15.6 Å². The molecule has 1 aliphatic carbocycles. The Kier molecular flexibility index (Phi) is 4.02. The standard InChI is InChI=1S/C14H18Cl2O/c1-10-4-3-8-14(17,9-7-10)11-5-2-6-12(15)13(11)16/h2,5-6,10,17H,3-4,7-9H2,1H3. The van der Waals surface area contributed by atoms with Gasteiger partial charge < -0.3 is 5.11 Å². The normalized spacial score (nSPS) is 30.0. The third kappa shape index (κ3) is 2.78.